The summed E-state index contributed by atoms with van der Waals surface area (Å²) >= 11 is 0. The molecule has 84 valence electrons. The van der Waals surface area contributed by atoms with Gasteiger partial charge < -0.3 is 5.43 Å². The predicted octanol–water partition coefficient (Wildman–Crippen LogP) is 0.425. The van der Waals surface area contributed by atoms with Crippen molar-refractivity contribution in [1.82, 2.24) is 25.8 Å². The van der Waals surface area contributed by atoms with E-state index in [9.17, 15) is 0 Å². The highest BCUT2D eigenvalue weighted by Crippen LogP contribution is 2.14. The first kappa shape index (κ1) is 9.86. The first-order valence-electron chi connectivity index (χ1n) is 5.20. The third kappa shape index (κ3) is 1.98. The average molecular weight is 226 g/mol. The Kier molecular flexibility index (Phi) is 2.47. The summed E-state index contributed by atoms with van der Waals surface area (Å²) in [5.41, 5.74) is 7.66. The molecule has 3 heterocycles. The molecule has 1 atom stereocenters. The van der Waals surface area contributed by atoms with Crippen LogP contribution < -0.4 is 10.9 Å². The van der Waals surface area contributed by atoms with Crippen LogP contribution in [0.5, 0.6) is 0 Å². The summed E-state index contributed by atoms with van der Waals surface area (Å²) in [5, 5.41) is 0. The highest BCUT2D eigenvalue weighted by Gasteiger charge is 2.20. The van der Waals surface area contributed by atoms with Crippen molar-refractivity contribution in [2.24, 2.45) is 4.99 Å². The summed E-state index contributed by atoms with van der Waals surface area (Å²) in [6, 6.07) is 7.53. The molecule has 0 bridgehead atoms. The molecule has 1 unspecified atom stereocenters. The SMILES string of the molecule is c1ccc(C2N=C(c3ccncn3)NN2)nc1. The Balaban J connectivity index is 1.87. The predicted molar refractivity (Wildman–Crippen MR) is 61.8 cm³/mol. The number of aliphatic imine (C=N–C) groups is 1. The highest BCUT2D eigenvalue weighted by molar-refractivity contribution is 5.97. The molecule has 0 spiro atoms. The maximum atomic E-state index is 4.47. The van der Waals surface area contributed by atoms with E-state index in [2.05, 4.69) is 30.8 Å². The van der Waals surface area contributed by atoms with Gasteiger partial charge in [0.15, 0.2) is 12.0 Å². The second-order valence-electron chi connectivity index (χ2n) is 3.50. The zero-order valence-corrected chi connectivity index (χ0v) is 8.91. The maximum absolute atomic E-state index is 4.47. The number of amidine groups is 1. The number of pyridine rings is 1. The van der Waals surface area contributed by atoms with Crippen LogP contribution in [0.1, 0.15) is 17.6 Å². The Labute approximate surface area is 97.8 Å². The summed E-state index contributed by atoms with van der Waals surface area (Å²) in [5.74, 6) is 0.697. The minimum Gasteiger partial charge on any atom is -0.302 e. The molecule has 0 saturated carbocycles. The van der Waals surface area contributed by atoms with Gasteiger partial charge in [-0.05, 0) is 18.2 Å². The maximum Gasteiger partial charge on any atom is 0.163 e. The van der Waals surface area contributed by atoms with Gasteiger partial charge in [-0.1, -0.05) is 6.07 Å². The molecule has 1 aliphatic heterocycles. The van der Waals surface area contributed by atoms with Crippen molar-refractivity contribution < 1.29 is 0 Å². The molecule has 3 rings (SSSR count). The van der Waals surface area contributed by atoms with Gasteiger partial charge in [-0.15, -0.1) is 0 Å². The van der Waals surface area contributed by atoms with E-state index in [1.165, 1.54) is 6.33 Å². The van der Waals surface area contributed by atoms with Gasteiger partial charge in [0, 0.05) is 12.4 Å². The molecule has 0 aliphatic carbocycles. The van der Waals surface area contributed by atoms with Crippen molar-refractivity contribution >= 4 is 5.84 Å². The molecular weight excluding hydrogens is 216 g/mol. The average Bonchev–Trinajstić information content (AvgIpc) is 2.90. The molecule has 0 aromatic carbocycles. The summed E-state index contributed by atoms with van der Waals surface area (Å²) in [4.78, 5) is 16.7. The van der Waals surface area contributed by atoms with E-state index in [1.54, 1.807) is 18.5 Å². The number of hydrazine groups is 1. The van der Waals surface area contributed by atoms with Gasteiger partial charge >= 0.3 is 0 Å². The molecule has 2 aromatic rings. The lowest BCUT2D eigenvalue weighted by Crippen LogP contribution is -2.32. The molecule has 0 fully saturated rings. The molecule has 2 aromatic heterocycles. The summed E-state index contributed by atoms with van der Waals surface area (Å²) in [6.07, 6.45) is 4.74. The first-order valence-corrected chi connectivity index (χ1v) is 5.20. The van der Waals surface area contributed by atoms with Crippen LogP contribution in [0.4, 0.5) is 0 Å². The Hall–Kier alpha value is -2.34. The fourth-order valence-electron chi connectivity index (χ4n) is 1.57. The van der Waals surface area contributed by atoms with E-state index in [0.29, 0.717) is 5.84 Å². The van der Waals surface area contributed by atoms with E-state index in [4.69, 9.17) is 0 Å². The number of hydrogen-bond donors (Lipinski definition) is 2. The second-order valence-corrected chi connectivity index (χ2v) is 3.50. The van der Waals surface area contributed by atoms with Crippen LogP contribution in [0.2, 0.25) is 0 Å². The number of nitrogens with zero attached hydrogens (tertiary/aromatic N) is 4. The number of aromatic nitrogens is 3. The molecular formula is C11H10N6. The minimum atomic E-state index is -0.179. The molecule has 2 N–H and O–H groups in total. The number of hydrogen-bond acceptors (Lipinski definition) is 6. The third-order valence-corrected chi connectivity index (χ3v) is 2.38. The lowest BCUT2D eigenvalue weighted by molar-refractivity contribution is 0.561. The van der Waals surface area contributed by atoms with Crippen molar-refractivity contribution in [2.75, 3.05) is 0 Å². The summed E-state index contributed by atoms with van der Waals surface area (Å²) in [6.45, 7) is 0. The topological polar surface area (TPSA) is 75.1 Å². The molecule has 6 heteroatoms. The monoisotopic (exact) mass is 226 g/mol. The van der Waals surface area contributed by atoms with Crippen molar-refractivity contribution in [3.8, 4) is 0 Å². The number of nitrogens with one attached hydrogen (secondary N) is 2. The van der Waals surface area contributed by atoms with Crippen molar-refractivity contribution in [2.45, 2.75) is 6.17 Å². The normalized spacial score (nSPS) is 18.6. The van der Waals surface area contributed by atoms with Crippen LogP contribution >= 0.6 is 0 Å². The van der Waals surface area contributed by atoms with Gasteiger partial charge in [-0.3, -0.25) is 4.98 Å². The fraction of sp³-hybridized carbons (Fsp3) is 0.0909. The molecule has 6 nitrogen and oxygen atoms in total. The smallest absolute Gasteiger partial charge is 0.163 e. The van der Waals surface area contributed by atoms with Crippen molar-refractivity contribution in [3.05, 3.63) is 54.4 Å². The van der Waals surface area contributed by atoms with E-state index in [0.717, 1.165) is 11.4 Å². The summed E-state index contributed by atoms with van der Waals surface area (Å²) < 4.78 is 0. The Morgan fingerprint density at radius 3 is 2.82 bits per heavy atom. The lowest BCUT2D eigenvalue weighted by atomic mass is 10.3. The Morgan fingerprint density at radius 2 is 2.06 bits per heavy atom. The van der Waals surface area contributed by atoms with Crippen LogP contribution in [0, 0.1) is 0 Å². The summed E-state index contributed by atoms with van der Waals surface area (Å²) in [7, 11) is 0. The van der Waals surface area contributed by atoms with Crippen molar-refractivity contribution in [3.63, 3.8) is 0 Å². The van der Waals surface area contributed by atoms with Crippen LogP contribution in [-0.2, 0) is 0 Å². The van der Waals surface area contributed by atoms with E-state index in [1.807, 2.05) is 18.2 Å². The fourth-order valence-corrected chi connectivity index (χ4v) is 1.57. The van der Waals surface area contributed by atoms with Crippen LogP contribution in [-0.4, -0.2) is 20.8 Å². The quantitative estimate of drug-likeness (QED) is 0.776. The largest absolute Gasteiger partial charge is 0.302 e. The molecule has 0 radical (unpaired) electrons. The molecule has 0 amide bonds. The van der Waals surface area contributed by atoms with E-state index in [-0.39, 0.29) is 6.17 Å². The van der Waals surface area contributed by atoms with Gasteiger partial charge in [0.1, 0.15) is 12.0 Å². The van der Waals surface area contributed by atoms with Gasteiger partial charge in [0.2, 0.25) is 0 Å². The van der Waals surface area contributed by atoms with E-state index >= 15 is 0 Å². The highest BCUT2D eigenvalue weighted by atomic mass is 15.5. The Bertz CT molecular complexity index is 524. The Morgan fingerprint density at radius 1 is 1.06 bits per heavy atom. The second kappa shape index (κ2) is 4.26. The van der Waals surface area contributed by atoms with Gasteiger partial charge in [0.05, 0.1) is 5.69 Å². The minimum absolute atomic E-state index is 0.179. The zero-order chi connectivity index (χ0) is 11.5. The van der Waals surface area contributed by atoms with Crippen molar-refractivity contribution in [1.29, 1.82) is 0 Å². The first-order chi connectivity index (χ1) is 8.43. The molecule has 1 aliphatic rings. The lowest BCUT2D eigenvalue weighted by Gasteiger charge is -2.04. The van der Waals surface area contributed by atoms with Crippen LogP contribution in [0.25, 0.3) is 0 Å². The third-order valence-electron chi connectivity index (χ3n) is 2.38. The van der Waals surface area contributed by atoms with Gasteiger partial charge in [-0.2, -0.15) is 0 Å². The zero-order valence-electron chi connectivity index (χ0n) is 8.91. The molecule has 0 saturated heterocycles. The standard InChI is InChI=1S/C11H10N6/c1-2-5-13-8(3-1)10-15-11(17-16-10)9-4-6-12-7-14-9/h1-7,10,16H,(H,15,17). The van der Waals surface area contributed by atoms with Crippen LogP contribution in [0.15, 0.2) is 48.0 Å². The van der Waals surface area contributed by atoms with E-state index < -0.39 is 0 Å². The van der Waals surface area contributed by atoms with Gasteiger partial charge in [-0.25, -0.2) is 20.4 Å². The van der Waals surface area contributed by atoms with Gasteiger partial charge in [0.25, 0.3) is 0 Å². The molecule has 17 heavy (non-hydrogen) atoms. The van der Waals surface area contributed by atoms with Crippen LogP contribution in [0.3, 0.4) is 0 Å². The number of rotatable bonds is 2.